The molecule has 2 aromatic carbocycles. The number of ether oxygens (including phenoxy) is 1. The lowest BCUT2D eigenvalue weighted by molar-refractivity contribution is 0.223. The van der Waals surface area contributed by atoms with Gasteiger partial charge in [-0.2, -0.15) is 0 Å². The van der Waals surface area contributed by atoms with E-state index in [4.69, 9.17) is 4.74 Å². The van der Waals surface area contributed by atoms with Crippen LogP contribution in [0.25, 0.3) is 0 Å². The van der Waals surface area contributed by atoms with Crippen molar-refractivity contribution in [2.75, 3.05) is 37.1 Å². The average Bonchev–Trinajstić information content (AvgIpc) is 2.66. The van der Waals surface area contributed by atoms with Crippen LogP contribution in [0, 0.1) is 5.92 Å². The highest BCUT2D eigenvalue weighted by Crippen LogP contribution is 2.31. The molecule has 3 rings (SSSR count). The second-order valence-electron chi connectivity index (χ2n) is 7.23. The molecule has 0 aliphatic carbocycles. The first-order valence-electron chi connectivity index (χ1n) is 9.11. The van der Waals surface area contributed by atoms with Crippen molar-refractivity contribution in [2.45, 2.75) is 22.6 Å². The van der Waals surface area contributed by atoms with Crippen molar-refractivity contribution >= 4 is 25.4 Å². The third-order valence-corrected chi connectivity index (χ3v) is 7.18. The highest BCUT2D eigenvalue weighted by atomic mass is 32.2. The number of sulfone groups is 2. The lowest BCUT2D eigenvalue weighted by atomic mass is 9.97. The van der Waals surface area contributed by atoms with Gasteiger partial charge in [0, 0.05) is 25.6 Å². The van der Waals surface area contributed by atoms with Gasteiger partial charge in [-0.25, -0.2) is 16.8 Å². The molecule has 152 valence electrons. The predicted molar refractivity (Wildman–Crippen MR) is 110 cm³/mol. The molecule has 0 radical (unpaired) electrons. The number of hydrogen-bond acceptors (Lipinski definition) is 6. The maximum atomic E-state index is 12.3. The molecule has 0 unspecified atom stereocenters. The SMILES string of the molecule is CS(=O)(=O)c1ccc(N2CCC(COc3ccccc3)CC2)c(S(C)(=O)=O)c1. The summed E-state index contributed by atoms with van der Waals surface area (Å²) in [5, 5.41) is 0. The highest BCUT2D eigenvalue weighted by molar-refractivity contribution is 7.91. The minimum Gasteiger partial charge on any atom is -0.493 e. The molecular formula is C20H25NO5S2. The maximum Gasteiger partial charge on any atom is 0.177 e. The minimum atomic E-state index is -3.56. The van der Waals surface area contributed by atoms with Crippen LogP contribution in [0.5, 0.6) is 5.75 Å². The number of piperidine rings is 1. The van der Waals surface area contributed by atoms with Crippen LogP contribution < -0.4 is 9.64 Å². The summed E-state index contributed by atoms with van der Waals surface area (Å²) in [6.45, 7) is 2.02. The van der Waals surface area contributed by atoms with Crippen molar-refractivity contribution < 1.29 is 21.6 Å². The van der Waals surface area contributed by atoms with Gasteiger partial charge in [-0.05, 0) is 49.1 Å². The van der Waals surface area contributed by atoms with E-state index in [2.05, 4.69) is 0 Å². The standard InChI is InChI=1S/C20H25NO5S2/c1-27(22,23)18-8-9-19(20(14-18)28(2,24)25)21-12-10-16(11-13-21)15-26-17-6-4-3-5-7-17/h3-9,14,16H,10-13,15H2,1-2H3. The van der Waals surface area contributed by atoms with E-state index in [9.17, 15) is 16.8 Å². The van der Waals surface area contributed by atoms with E-state index < -0.39 is 19.7 Å². The molecule has 0 amide bonds. The summed E-state index contributed by atoms with van der Waals surface area (Å²) in [6, 6.07) is 14.0. The van der Waals surface area contributed by atoms with Crippen molar-refractivity contribution in [1.29, 1.82) is 0 Å². The van der Waals surface area contributed by atoms with Crippen molar-refractivity contribution in [1.82, 2.24) is 0 Å². The van der Waals surface area contributed by atoms with Crippen LogP contribution in [-0.4, -0.2) is 49.0 Å². The zero-order valence-corrected chi connectivity index (χ0v) is 17.7. The maximum absolute atomic E-state index is 12.3. The molecule has 1 saturated heterocycles. The summed E-state index contributed by atoms with van der Waals surface area (Å²) in [4.78, 5) is 2.10. The van der Waals surface area contributed by atoms with E-state index in [1.54, 1.807) is 6.07 Å². The third kappa shape index (κ3) is 5.05. The van der Waals surface area contributed by atoms with E-state index >= 15 is 0 Å². The molecule has 0 saturated carbocycles. The van der Waals surface area contributed by atoms with Gasteiger partial charge in [-0.1, -0.05) is 18.2 Å². The number of hydrogen-bond donors (Lipinski definition) is 0. The second-order valence-corrected chi connectivity index (χ2v) is 11.2. The summed E-state index contributed by atoms with van der Waals surface area (Å²) in [5.74, 6) is 1.24. The Bertz CT molecular complexity index is 1030. The van der Waals surface area contributed by atoms with Gasteiger partial charge in [-0.15, -0.1) is 0 Å². The number of anilines is 1. The highest BCUT2D eigenvalue weighted by Gasteiger charge is 2.25. The Balaban J connectivity index is 1.71. The fourth-order valence-corrected chi connectivity index (χ4v) is 4.99. The zero-order chi connectivity index (χ0) is 20.4. The number of benzene rings is 2. The Morgan fingerprint density at radius 1 is 0.929 bits per heavy atom. The summed E-state index contributed by atoms with van der Waals surface area (Å²) < 4.78 is 54.0. The Morgan fingerprint density at radius 3 is 2.14 bits per heavy atom. The van der Waals surface area contributed by atoms with Crippen LogP contribution in [0.1, 0.15) is 12.8 Å². The van der Waals surface area contributed by atoms with Crippen LogP contribution >= 0.6 is 0 Å². The number of rotatable bonds is 6. The van der Waals surface area contributed by atoms with Gasteiger partial charge in [0.1, 0.15) is 5.75 Å². The Labute approximate surface area is 167 Å². The third-order valence-electron chi connectivity index (χ3n) is 4.94. The Kier molecular flexibility index (Phi) is 6.00. The van der Waals surface area contributed by atoms with Crippen LogP contribution in [0.4, 0.5) is 5.69 Å². The monoisotopic (exact) mass is 423 g/mol. The van der Waals surface area contributed by atoms with Gasteiger partial charge >= 0.3 is 0 Å². The van der Waals surface area contributed by atoms with Crippen molar-refractivity contribution in [3.05, 3.63) is 48.5 Å². The minimum absolute atomic E-state index is 0.0165. The van der Waals surface area contributed by atoms with E-state index in [-0.39, 0.29) is 9.79 Å². The van der Waals surface area contributed by atoms with Gasteiger partial charge in [0.25, 0.3) is 0 Å². The quantitative estimate of drug-likeness (QED) is 0.711. The molecule has 1 heterocycles. The van der Waals surface area contributed by atoms with Gasteiger partial charge in [0.2, 0.25) is 0 Å². The summed E-state index contributed by atoms with van der Waals surface area (Å²) in [6.07, 6.45) is 3.94. The van der Waals surface area contributed by atoms with E-state index in [0.717, 1.165) is 31.1 Å². The zero-order valence-electron chi connectivity index (χ0n) is 16.0. The van der Waals surface area contributed by atoms with Crippen molar-refractivity contribution in [2.24, 2.45) is 5.92 Å². The lowest BCUT2D eigenvalue weighted by Gasteiger charge is -2.34. The summed E-state index contributed by atoms with van der Waals surface area (Å²) in [7, 11) is -7.03. The van der Waals surface area contributed by atoms with Crippen LogP contribution in [0.2, 0.25) is 0 Å². The molecule has 1 aliphatic heterocycles. The van der Waals surface area contributed by atoms with E-state index in [1.165, 1.54) is 12.1 Å². The molecule has 0 aromatic heterocycles. The van der Waals surface area contributed by atoms with Gasteiger partial charge < -0.3 is 9.64 Å². The lowest BCUT2D eigenvalue weighted by Crippen LogP contribution is -2.36. The van der Waals surface area contributed by atoms with Crippen LogP contribution in [-0.2, 0) is 19.7 Å². The predicted octanol–water partition coefficient (Wildman–Crippen LogP) is 2.79. The van der Waals surface area contributed by atoms with Gasteiger partial charge in [0.15, 0.2) is 19.7 Å². The molecule has 0 bridgehead atoms. The first kappa shape index (κ1) is 20.7. The smallest absolute Gasteiger partial charge is 0.177 e. The largest absolute Gasteiger partial charge is 0.493 e. The summed E-state index contributed by atoms with van der Waals surface area (Å²) in [5.41, 5.74) is 0.567. The normalized spacial score (nSPS) is 16.1. The fraction of sp³-hybridized carbons (Fsp3) is 0.400. The first-order chi connectivity index (χ1) is 13.1. The molecule has 28 heavy (non-hydrogen) atoms. The number of para-hydroxylation sites is 1. The molecule has 0 spiro atoms. The summed E-state index contributed by atoms with van der Waals surface area (Å²) >= 11 is 0. The molecule has 1 fully saturated rings. The number of nitrogens with zero attached hydrogens (tertiary/aromatic N) is 1. The molecule has 6 nitrogen and oxygen atoms in total. The topological polar surface area (TPSA) is 80.8 Å². The molecular weight excluding hydrogens is 398 g/mol. The first-order valence-corrected chi connectivity index (χ1v) is 12.9. The molecule has 0 N–H and O–H groups in total. The van der Waals surface area contributed by atoms with Gasteiger partial charge in [0.05, 0.1) is 22.1 Å². The molecule has 8 heteroatoms. The second kappa shape index (κ2) is 8.13. The molecule has 0 atom stereocenters. The van der Waals surface area contributed by atoms with Crippen LogP contribution in [0.15, 0.2) is 58.3 Å². The molecule has 1 aliphatic rings. The van der Waals surface area contributed by atoms with Crippen LogP contribution in [0.3, 0.4) is 0 Å². The average molecular weight is 424 g/mol. The fourth-order valence-electron chi connectivity index (χ4n) is 3.35. The van der Waals surface area contributed by atoms with Gasteiger partial charge in [-0.3, -0.25) is 0 Å². The van der Waals surface area contributed by atoms with E-state index in [0.29, 0.717) is 31.3 Å². The van der Waals surface area contributed by atoms with E-state index in [1.807, 2.05) is 35.2 Å². The Hall–Kier alpha value is -2.06. The van der Waals surface area contributed by atoms with Crippen molar-refractivity contribution in [3.63, 3.8) is 0 Å². The Morgan fingerprint density at radius 2 is 1.57 bits per heavy atom. The van der Waals surface area contributed by atoms with Crippen molar-refractivity contribution in [3.8, 4) is 5.75 Å². The molecule has 2 aromatic rings.